The number of hydrogen-bond donors (Lipinski definition) is 1. The smallest absolute Gasteiger partial charge is 0.123 e. The first kappa shape index (κ1) is 12.0. The first-order valence-electron chi connectivity index (χ1n) is 5.82. The summed E-state index contributed by atoms with van der Waals surface area (Å²) in [5, 5.41) is 1.07. The minimum atomic E-state index is 0.144. The summed E-state index contributed by atoms with van der Waals surface area (Å²) in [5.41, 5.74) is 5.59. The largest absolute Gasteiger partial charge is 0.368 e. The SMILES string of the molecule is CCCN1CCOC(c2ncc(CN)s2)C1. The van der Waals surface area contributed by atoms with Crippen molar-refractivity contribution < 1.29 is 4.74 Å². The third-order valence-electron chi connectivity index (χ3n) is 2.74. The Morgan fingerprint density at radius 2 is 2.56 bits per heavy atom. The molecule has 0 aromatic carbocycles. The maximum Gasteiger partial charge on any atom is 0.123 e. The van der Waals surface area contributed by atoms with Gasteiger partial charge in [0, 0.05) is 30.7 Å². The molecule has 0 amide bonds. The summed E-state index contributed by atoms with van der Waals surface area (Å²) in [6, 6.07) is 0. The summed E-state index contributed by atoms with van der Waals surface area (Å²) in [4.78, 5) is 7.97. The second-order valence-electron chi connectivity index (χ2n) is 4.03. The van der Waals surface area contributed by atoms with Crippen molar-refractivity contribution in [3.05, 3.63) is 16.1 Å². The van der Waals surface area contributed by atoms with E-state index in [1.165, 1.54) is 6.42 Å². The zero-order valence-corrected chi connectivity index (χ0v) is 10.5. The average Bonchev–Trinajstić information content (AvgIpc) is 2.78. The minimum Gasteiger partial charge on any atom is -0.368 e. The van der Waals surface area contributed by atoms with Gasteiger partial charge in [-0.15, -0.1) is 11.3 Å². The second-order valence-corrected chi connectivity index (χ2v) is 5.18. The number of nitrogens with zero attached hydrogens (tertiary/aromatic N) is 2. The molecule has 16 heavy (non-hydrogen) atoms. The highest BCUT2D eigenvalue weighted by atomic mass is 32.1. The third-order valence-corrected chi connectivity index (χ3v) is 3.85. The van der Waals surface area contributed by atoms with Gasteiger partial charge in [-0.05, 0) is 13.0 Å². The number of nitrogens with two attached hydrogens (primary N) is 1. The van der Waals surface area contributed by atoms with Crippen molar-refractivity contribution in [2.75, 3.05) is 26.2 Å². The predicted molar refractivity (Wildman–Crippen MR) is 65.4 cm³/mol. The molecule has 0 saturated carbocycles. The van der Waals surface area contributed by atoms with Gasteiger partial charge in [0.25, 0.3) is 0 Å². The van der Waals surface area contributed by atoms with Crippen LogP contribution in [0.1, 0.15) is 29.3 Å². The van der Waals surface area contributed by atoms with Crippen molar-refractivity contribution in [1.29, 1.82) is 0 Å². The number of rotatable bonds is 4. The Hall–Kier alpha value is -0.490. The fourth-order valence-corrected chi connectivity index (χ4v) is 2.77. The van der Waals surface area contributed by atoms with Gasteiger partial charge in [-0.3, -0.25) is 4.90 Å². The molecule has 1 aromatic rings. The Labute approximate surface area is 100 Å². The molecule has 1 atom stereocenters. The molecule has 2 rings (SSSR count). The lowest BCUT2D eigenvalue weighted by molar-refractivity contribution is -0.0299. The molecule has 0 spiro atoms. The van der Waals surface area contributed by atoms with Gasteiger partial charge in [-0.25, -0.2) is 4.98 Å². The van der Waals surface area contributed by atoms with E-state index in [4.69, 9.17) is 10.5 Å². The molecular formula is C11H19N3OS. The van der Waals surface area contributed by atoms with Crippen LogP contribution in [0.5, 0.6) is 0 Å². The molecule has 0 radical (unpaired) electrons. The quantitative estimate of drug-likeness (QED) is 0.865. The fraction of sp³-hybridized carbons (Fsp3) is 0.727. The first-order chi connectivity index (χ1) is 7.83. The highest BCUT2D eigenvalue weighted by molar-refractivity contribution is 7.11. The van der Waals surface area contributed by atoms with E-state index in [1.54, 1.807) is 11.3 Å². The number of aromatic nitrogens is 1. The van der Waals surface area contributed by atoms with E-state index < -0.39 is 0 Å². The number of morpholine rings is 1. The molecule has 1 unspecified atom stereocenters. The van der Waals surface area contributed by atoms with Gasteiger partial charge in [0.2, 0.25) is 0 Å². The maximum absolute atomic E-state index is 5.76. The zero-order chi connectivity index (χ0) is 11.4. The Morgan fingerprint density at radius 1 is 1.69 bits per heavy atom. The number of hydrogen-bond acceptors (Lipinski definition) is 5. The summed E-state index contributed by atoms with van der Waals surface area (Å²) < 4.78 is 5.76. The molecule has 2 N–H and O–H groups in total. The maximum atomic E-state index is 5.76. The molecule has 0 aliphatic carbocycles. The van der Waals surface area contributed by atoms with Crippen LogP contribution in [-0.2, 0) is 11.3 Å². The van der Waals surface area contributed by atoms with Gasteiger partial charge in [-0.1, -0.05) is 6.92 Å². The van der Waals surface area contributed by atoms with Crippen LogP contribution in [0.2, 0.25) is 0 Å². The van der Waals surface area contributed by atoms with Crippen molar-refractivity contribution in [3.8, 4) is 0 Å². The minimum absolute atomic E-state index is 0.144. The van der Waals surface area contributed by atoms with E-state index in [-0.39, 0.29) is 6.10 Å². The lowest BCUT2D eigenvalue weighted by Crippen LogP contribution is -2.38. The highest BCUT2D eigenvalue weighted by Gasteiger charge is 2.23. The van der Waals surface area contributed by atoms with E-state index >= 15 is 0 Å². The molecule has 4 nitrogen and oxygen atoms in total. The van der Waals surface area contributed by atoms with Crippen LogP contribution in [0, 0.1) is 0 Å². The van der Waals surface area contributed by atoms with E-state index in [0.29, 0.717) is 6.54 Å². The van der Waals surface area contributed by atoms with Gasteiger partial charge in [0.05, 0.1) is 6.61 Å². The van der Waals surface area contributed by atoms with Crippen molar-refractivity contribution >= 4 is 11.3 Å². The van der Waals surface area contributed by atoms with Crippen LogP contribution in [0.3, 0.4) is 0 Å². The van der Waals surface area contributed by atoms with E-state index in [1.807, 2.05) is 6.20 Å². The fourth-order valence-electron chi connectivity index (χ4n) is 1.94. The third kappa shape index (κ3) is 2.79. The average molecular weight is 241 g/mol. The highest BCUT2D eigenvalue weighted by Crippen LogP contribution is 2.26. The summed E-state index contributed by atoms with van der Waals surface area (Å²) in [6.45, 7) is 6.74. The molecule has 1 saturated heterocycles. The van der Waals surface area contributed by atoms with Crippen LogP contribution in [-0.4, -0.2) is 36.1 Å². The van der Waals surface area contributed by atoms with Crippen LogP contribution in [0.4, 0.5) is 0 Å². The van der Waals surface area contributed by atoms with Crippen LogP contribution >= 0.6 is 11.3 Å². The van der Waals surface area contributed by atoms with Crippen LogP contribution in [0.15, 0.2) is 6.20 Å². The molecular weight excluding hydrogens is 222 g/mol. The standard InChI is InChI=1S/C11H19N3OS/c1-2-3-14-4-5-15-10(8-14)11-13-7-9(6-12)16-11/h7,10H,2-6,8,12H2,1H3. The molecule has 2 heterocycles. The molecule has 90 valence electrons. The Balaban J connectivity index is 1.98. The summed E-state index contributed by atoms with van der Waals surface area (Å²) >= 11 is 1.67. The molecule has 1 aliphatic rings. The zero-order valence-electron chi connectivity index (χ0n) is 9.69. The topological polar surface area (TPSA) is 51.4 Å². The van der Waals surface area contributed by atoms with E-state index in [2.05, 4.69) is 16.8 Å². The van der Waals surface area contributed by atoms with Crippen molar-refractivity contribution in [2.45, 2.75) is 26.0 Å². The number of thiazole rings is 1. The molecule has 1 aromatic heterocycles. The van der Waals surface area contributed by atoms with Gasteiger partial charge in [0.15, 0.2) is 0 Å². The second kappa shape index (κ2) is 5.72. The number of ether oxygens (including phenoxy) is 1. The monoisotopic (exact) mass is 241 g/mol. The molecule has 0 bridgehead atoms. The molecule has 5 heteroatoms. The van der Waals surface area contributed by atoms with Crippen molar-refractivity contribution in [1.82, 2.24) is 9.88 Å². The Bertz CT molecular complexity index is 327. The Morgan fingerprint density at radius 3 is 3.25 bits per heavy atom. The van der Waals surface area contributed by atoms with Gasteiger partial charge < -0.3 is 10.5 Å². The van der Waals surface area contributed by atoms with Gasteiger partial charge in [0.1, 0.15) is 11.1 Å². The molecule has 1 fully saturated rings. The van der Waals surface area contributed by atoms with Crippen molar-refractivity contribution in [2.24, 2.45) is 5.73 Å². The summed E-state index contributed by atoms with van der Waals surface area (Å²) in [6.07, 6.45) is 3.20. The lowest BCUT2D eigenvalue weighted by Gasteiger charge is -2.31. The summed E-state index contributed by atoms with van der Waals surface area (Å²) in [7, 11) is 0. The van der Waals surface area contributed by atoms with E-state index in [9.17, 15) is 0 Å². The van der Waals surface area contributed by atoms with E-state index in [0.717, 1.165) is 36.1 Å². The van der Waals surface area contributed by atoms with Crippen LogP contribution < -0.4 is 5.73 Å². The summed E-state index contributed by atoms with van der Waals surface area (Å²) in [5.74, 6) is 0. The normalized spacial score (nSPS) is 22.5. The lowest BCUT2D eigenvalue weighted by atomic mass is 10.2. The first-order valence-corrected chi connectivity index (χ1v) is 6.63. The van der Waals surface area contributed by atoms with Gasteiger partial charge in [-0.2, -0.15) is 0 Å². The van der Waals surface area contributed by atoms with Crippen LogP contribution in [0.25, 0.3) is 0 Å². The Kier molecular flexibility index (Phi) is 4.29. The van der Waals surface area contributed by atoms with Crippen molar-refractivity contribution in [3.63, 3.8) is 0 Å². The predicted octanol–water partition coefficient (Wildman–Crippen LogP) is 1.39. The molecule has 1 aliphatic heterocycles. The van der Waals surface area contributed by atoms with Gasteiger partial charge >= 0.3 is 0 Å².